The first-order chi connectivity index (χ1) is 15.6. The van der Waals surface area contributed by atoms with Crippen molar-refractivity contribution < 1.29 is 38.7 Å². The second-order valence-corrected chi connectivity index (χ2v) is 8.45. The summed E-state index contributed by atoms with van der Waals surface area (Å²) >= 11 is 5.96. The summed E-state index contributed by atoms with van der Waals surface area (Å²) in [6, 6.07) is 2.55. The van der Waals surface area contributed by atoms with Crippen molar-refractivity contribution in [3.05, 3.63) is 28.8 Å². The number of anilines is 1. The second kappa shape index (κ2) is 10.4. The van der Waals surface area contributed by atoms with Crippen molar-refractivity contribution in [3.63, 3.8) is 0 Å². The number of hydrogen-bond acceptors (Lipinski definition) is 8. The van der Waals surface area contributed by atoms with Gasteiger partial charge in [0.1, 0.15) is 12.1 Å². The Morgan fingerprint density at radius 3 is 2.45 bits per heavy atom. The van der Waals surface area contributed by atoms with Crippen molar-refractivity contribution in [2.75, 3.05) is 12.3 Å². The smallest absolute Gasteiger partial charge is 0.426 e. The molecule has 1 saturated heterocycles. The molecule has 1 aliphatic heterocycles. The fraction of sp³-hybridized carbons (Fsp3) is 0.474. The fourth-order valence-corrected chi connectivity index (χ4v) is 3.71. The van der Waals surface area contributed by atoms with Gasteiger partial charge in [0.2, 0.25) is 11.8 Å². The molecule has 6 N–H and O–H groups in total. The number of hydrogen-bond donors (Lipinski definition) is 5. The van der Waals surface area contributed by atoms with E-state index < -0.39 is 55.3 Å². The first-order valence-electron chi connectivity index (χ1n) is 10.3. The van der Waals surface area contributed by atoms with Gasteiger partial charge in [-0.05, 0) is 43.4 Å². The van der Waals surface area contributed by atoms with Crippen molar-refractivity contribution in [1.29, 1.82) is 0 Å². The Morgan fingerprint density at radius 1 is 1.24 bits per heavy atom. The highest BCUT2D eigenvalue weighted by Gasteiger charge is 2.46. The monoisotopic (exact) mass is 484 g/mol. The van der Waals surface area contributed by atoms with Gasteiger partial charge in [-0.1, -0.05) is 11.6 Å². The molecule has 0 radical (unpaired) electrons. The normalized spacial score (nSPS) is 19.0. The number of nitrogens with one attached hydrogen (secondary N) is 2. The summed E-state index contributed by atoms with van der Waals surface area (Å²) in [5.41, 5.74) is 6.19. The molecule has 14 heteroatoms. The molecule has 3 amide bonds. The van der Waals surface area contributed by atoms with Crippen LogP contribution in [0.1, 0.15) is 36.0 Å². The van der Waals surface area contributed by atoms with E-state index in [9.17, 15) is 33.8 Å². The van der Waals surface area contributed by atoms with E-state index in [0.717, 1.165) is 12.8 Å². The molecule has 0 aromatic heterocycles. The van der Waals surface area contributed by atoms with E-state index in [0.29, 0.717) is 5.69 Å². The van der Waals surface area contributed by atoms with E-state index in [1.807, 2.05) is 0 Å². The molecule has 3 atom stereocenters. The van der Waals surface area contributed by atoms with Crippen LogP contribution in [0.5, 0.6) is 0 Å². The van der Waals surface area contributed by atoms with Crippen LogP contribution in [0.15, 0.2) is 18.2 Å². The minimum atomic E-state index is -2.15. The maximum atomic E-state index is 13.1. The van der Waals surface area contributed by atoms with Gasteiger partial charge < -0.3 is 31.3 Å². The third-order valence-electron chi connectivity index (χ3n) is 5.67. The molecular weight excluding hydrogens is 461 g/mol. The minimum absolute atomic E-state index is 0.0821. The predicted molar refractivity (Wildman–Crippen MR) is 114 cm³/mol. The van der Waals surface area contributed by atoms with E-state index in [2.05, 4.69) is 15.6 Å². The first kappa shape index (κ1) is 24.7. The number of halogens is 2. The Morgan fingerprint density at radius 2 is 1.94 bits per heavy atom. The number of nitrogens with two attached hydrogens (primary N) is 1. The van der Waals surface area contributed by atoms with Crippen molar-refractivity contribution in [1.82, 2.24) is 15.5 Å². The van der Waals surface area contributed by atoms with Gasteiger partial charge in [0.15, 0.2) is 0 Å². The zero-order chi connectivity index (χ0) is 24.3. The standard InChI is InChI=1S/C19H23BClFN4O7/c21-11-7-10(3-4-12(11)23)17(28)25-16(9-1-2-9)19(30)26-6-5-13(26)18(29)24-14(20(31)32)8-15(27)33-22/h3-4,7,9,13-14,16,31-32H,1-2,5-6,8,23H2,(H,24,29)(H,25,28). The molecule has 0 bridgehead atoms. The number of carbonyl (C=O) groups excluding carboxylic acids is 4. The van der Waals surface area contributed by atoms with Crippen LogP contribution >= 0.6 is 11.6 Å². The first-order valence-corrected chi connectivity index (χ1v) is 10.6. The summed E-state index contributed by atoms with van der Waals surface area (Å²) in [5, 5.41) is 23.8. The molecule has 178 valence electrons. The van der Waals surface area contributed by atoms with Crippen LogP contribution in [-0.4, -0.2) is 70.3 Å². The van der Waals surface area contributed by atoms with Gasteiger partial charge in [-0.3, -0.25) is 19.3 Å². The topological polar surface area (TPSA) is 171 Å². The lowest BCUT2D eigenvalue weighted by atomic mass is 9.77. The van der Waals surface area contributed by atoms with Crippen LogP contribution in [0.25, 0.3) is 0 Å². The number of likely N-dealkylation sites (tertiary alicyclic amines) is 1. The third kappa shape index (κ3) is 5.92. The molecule has 3 rings (SSSR count). The van der Waals surface area contributed by atoms with Crippen LogP contribution in [0.3, 0.4) is 0 Å². The molecule has 3 unspecified atom stereocenters. The average molecular weight is 485 g/mol. The summed E-state index contributed by atoms with van der Waals surface area (Å²) in [6.07, 6.45) is 0.936. The molecule has 2 aliphatic rings. The van der Waals surface area contributed by atoms with Gasteiger partial charge in [0.05, 0.1) is 23.1 Å². The number of amides is 3. The summed E-state index contributed by atoms with van der Waals surface area (Å²) < 4.78 is 12.0. The molecule has 1 saturated carbocycles. The van der Waals surface area contributed by atoms with E-state index in [4.69, 9.17) is 17.3 Å². The van der Waals surface area contributed by atoms with Gasteiger partial charge in [-0.2, -0.15) is 0 Å². The quantitative estimate of drug-likeness (QED) is 0.227. The van der Waals surface area contributed by atoms with E-state index in [-0.39, 0.29) is 29.5 Å². The molecule has 2 fully saturated rings. The van der Waals surface area contributed by atoms with Crippen LogP contribution < -0.4 is 16.4 Å². The van der Waals surface area contributed by atoms with Crippen LogP contribution in [0.2, 0.25) is 5.02 Å². The Balaban J connectivity index is 1.65. The lowest BCUT2D eigenvalue weighted by Gasteiger charge is -2.42. The molecule has 33 heavy (non-hydrogen) atoms. The SMILES string of the molecule is Nc1ccc(C(=O)NC(C(=O)N2CCC2C(=O)NC(CC(=O)OF)B(O)O)C2CC2)cc1Cl. The van der Waals surface area contributed by atoms with Crippen molar-refractivity contribution >= 4 is 48.1 Å². The maximum absolute atomic E-state index is 13.1. The number of nitrogen functional groups attached to an aromatic ring is 1. The molecule has 1 heterocycles. The van der Waals surface area contributed by atoms with Crippen molar-refractivity contribution in [2.45, 2.75) is 43.7 Å². The number of carbonyl (C=O) groups is 4. The molecular formula is C19H23BClFN4O7. The summed E-state index contributed by atoms with van der Waals surface area (Å²) in [6.45, 7) is 0.253. The van der Waals surface area contributed by atoms with E-state index in [1.165, 1.54) is 23.1 Å². The minimum Gasteiger partial charge on any atom is -0.426 e. The van der Waals surface area contributed by atoms with Crippen LogP contribution in [0, 0.1) is 5.92 Å². The zero-order valence-electron chi connectivity index (χ0n) is 17.4. The summed E-state index contributed by atoms with van der Waals surface area (Å²) in [4.78, 5) is 53.7. The van der Waals surface area contributed by atoms with E-state index in [1.54, 1.807) is 0 Å². The zero-order valence-corrected chi connectivity index (χ0v) is 18.1. The highest BCUT2D eigenvalue weighted by molar-refractivity contribution is 6.44. The van der Waals surface area contributed by atoms with Crippen LogP contribution in [0.4, 0.5) is 10.2 Å². The van der Waals surface area contributed by atoms with Gasteiger partial charge in [0, 0.05) is 16.6 Å². The van der Waals surface area contributed by atoms with E-state index >= 15 is 0 Å². The number of benzene rings is 1. The highest BCUT2D eigenvalue weighted by Crippen LogP contribution is 2.35. The lowest BCUT2D eigenvalue weighted by Crippen LogP contribution is -2.64. The third-order valence-corrected chi connectivity index (χ3v) is 6.00. The Labute approximate surface area is 193 Å². The second-order valence-electron chi connectivity index (χ2n) is 8.04. The average Bonchev–Trinajstić information content (AvgIpc) is 3.57. The Bertz CT molecular complexity index is 949. The van der Waals surface area contributed by atoms with Gasteiger partial charge in [0.25, 0.3) is 5.91 Å². The summed E-state index contributed by atoms with van der Waals surface area (Å²) in [5.74, 6) is -4.71. The molecule has 11 nitrogen and oxygen atoms in total. The maximum Gasteiger partial charge on any atom is 0.476 e. The van der Waals surface area contributed by atoms with Crippen molar-refractivity contribution in [3.8, 4) is 0 Å². The number of rotatable bonds is 9. The Kier molecular flexibility index (Phi) is 7.77. The molecule has 1 aromatic carbocycles. The number of nitrogens with zero attached hydrogens (tertiary/aromatic N) is 1. The van der Waals surface area contributed by atoms with Gasteiger partial charge >= 0.3 is 13.1 Å². The van der Waals surface area contributed by atoms with Crippen LogP contribution in [-0.2, 0) is 19.3 Å². The summed E-state index contributed by atoms with van der Waals surface area (Å²) in [7, 11) is -2.15. The molecule has 1 aromatic rings. The highest BCUT2D eigenvalue weighted by atomic mass is 35.5. The van der Waals surface area contributed by atoms with Crippen molar-refractivity contribution in [2.24, 2.45) is 5.92 Å². The lowest BCUT2D eigenvalue weighted by molar-refractivity contribution is -0.184. The Hall–Kier alpha value is -2.90. The largest absolute Gasteiger partial charge is 0.476 e. The predicted octanol–water partition coefficient (Wildman–Crippen LogP) is -0.654. The van der Waals surface area contributed by atoms with Gasteiger partial charge in [-0.25, -0.2) is 4.79 Å². The fourth-order valence-electron chi connectivity index (χ4n) is 3.53. The molecule has 0 spiro atoms. The molecule has 1 aliphatic carbocycles. The van der Waals surface area contributed by atoms with Gasteiger partial charge in [-0.15, -0.1) is 0 Å².